The Morgan fingerprint density at radius 1 is 1.07 bits per heavy atom. The Labute approximate surface area is 158 Å². The van der Waals surface area contributed by atoms with Crippen molar-refractivity contribution in [1.29, 1.82) is 0 Å². The molecule has 5 heteroatoms. The van der Waals surface area contributed by atoms with Crippen LogP contribution in [-0.2, 0) is 17.8 Å². The molecular formula is C22H23N3O2. The Kier molecular flexibility index (Phi) is 5.50. The molecule has 0 radical (unpaired) electrons. The quantitative estimate of drug-likeness (QED) is 0.753. The van der Waals surface area contributed by atoms with Crippen molar-refractivity contribution in [3.05, 3.63) is 81.8 Å². The molecule has 27 heavy (non-hydrogen) atoms. The van der Waals surface area contributed by atoms with Crippen LogP contribution in [0.1, 0.15) is 23.7 Å². The summed E-state index contributed by atoms with van der Waals surface area (Å²) in [5, 5.41) is 2.91. The van der Waals surface area contributed by atoms with Crippen LogP contribution in [0, 0.1) is 13.8 Å². The van der Waals surface area contributed by atoms with Gasteiger partial charge >= 0.3 is 0 Å². The van der Waals surface area contributed by atoms with Crippen LogP contribution in [0.3, 0.4) is 0 Å². The molecule has 0 aliphatic heterocycles. The van der Waals surface area contributed by atoms with Crippen LogP contribution < -0.4 is 10.9 Å². The molecule has 0 unspecified atom stereocenters. The average molecular weight is 361 g/mol. The molecule has 0 aliphatic rings. The van der Waals surface area contributed by atoms with Gasteiger partial charge in [0.2, 0.25) is 5.91 Å². The number of benzene rings is 2. The zero-order valence-corrected chi connectivity index (χ0v) is 15.8. The molecule has 0 spiro atoms. The lowest BCUT2D eigenvalue weighted by Crippen LogP contribution is -2.30. The first-order valence-corrected chi connectivity index (χ1v) is 9.02. The molecule has 0 aliphatic carbocycles. The van der Waals surface area contributed by atoms with E-state index in [2.05, 4.69) is 10.3 Å². The third kappa shape index (κ3) is 4.14. The number of aromatic nitrogens is 2. The average Bonchev–Trinajstić information content (AvgIpc) is 2.67. The van der Waals surface area contributed by atoms with E-state index in [1.165, 1.54) is 10.6 Å². The van der Waals surface area contributed by atoms with Crippen LogP contribution in [0.25, 0.3) is 11.4 Å². The van der Waals surface area contributed by atoms with Gasteiger partial charge in [-0.2, -0.15) is 0 Å². The number of nitrogens with one attached hydrogen (secondary N) is 1. The summed E-state index contributed by atoms with van der Waals surface area (Å²) < 4.78 is 1.43. The van der Waals surface area contributed by atoms with E-state index in [0.29, 0.717) is 17.9 Å². The highest BCUT2D eigenvalue weighted by atomic mass is 16.2. The van der Waals surface area contributed by atoms with E-state index in [1.54, 1.807) is 0 Å². The largest absolute Gasteiger partial charge is 0.324 e. The van der Waals surface area contributed by atoms with Crippen LogP contribution in [0.4, 0.5) is 5.69 Å². The van der Waals surface area contributed by atoms with Gasteiger partial charge < -0.3 is 5.32 Å². The normalized spacial score (nSPS) is 10.6. The van der Waals surface area contributed by atoms with Crippen molar-refractivity contribution in [2.24, 2.45) is 0 Å². The van der Waals surface area contributed by atoms with Crippen molar-refractivity contribution < 1.29 is 4.79 Å². The Hall–Kier alpha value is -3.21. The SMILES string of the molecule is CCc1cc(=O)n(CC(=O)Nc2cccc(C)c2C)c(-c2ccccc2)n1. The van der Waals surface area contributed by atoms with E-state index >= 15 is 0 Å². The molecule has 2 aromatic carbocycles. The summed E-state index contributed by atoms with van der Waals surface area (Å²) in [7, 11) is 0. The minimum absolute atomic E-state index is 0.0898. The maximum absolute atomic E-state index is 12.6. The van der Waals surface area contributed by atoms with Gasteiger partial charge in [-0.05, 0) is 37.5 Å². The molecule has 3 rings (SSSR count). The van der Waals surface area contributed by atoms with Gasteiger partial charge in [-0.1, -0.05) is 49.4 Å². The van der Waals surface area contributed by atoms with Crippen LogP contribution in [-0.4, -0.2) is 15.5 Å². The van der Waals surface area contributed by atoms with E-state index in [4.69, 9.17) is 0 Å². The molecule has 0 saturated carbocycles. The van der Waals surface area contributed by atoms with Crippen molar-refractivity contribution in [1.82, 2.24) is 9.55 Å². The van der Waals surface area contributed by atoms with Crippen molar-refractivity contribution in [2.45, 2.75) is 33.7 Å². The number of carbonyl (C=O) groups is 1. The van der Waals surface area contributed by atoms with Crippen LogP contribution in [0.15, 0.2) is 59.4 Å². The summed E-state index contributed by atoms with van der Waals surface area (Å²) in [5.41, 5.74) is 4.17. The fraction of sp³-hybridized carbons (Fsp3) is 0.227. The minimum Gasteiger partial charge on any atom is -0.324 e. The second-order valence-electron chi connectivity index (χ2n) is 6.51. The lowest BCUT2D eigenvalue weighted by molar-refractivity contribution is -0.116. The van der Waals surface area contributed by atoms with Gasteiger partial charge in [0.05, 0.1) is 0 Å². The zero-order valence-electron chi connectivity index (χ0n) is 15.8. The topological polar surface area (TPSA) is 64.0 Å². The lowest BCUT2D eigenvalue weighted by atomic mass is 10.1. The Bertz CT molecular complexity index is 1020. The van der Waals surface area contributed by atoms with Gasteiger partial charge in [-0.3, -0.25) is 14.2 Å². The van der Waals surface area contributed by atoms with E-state index in [-0.39, 0.29) is 18.0 Å². The first kappa shape index (κ1) is 18.6. The Balaban J connectivity index is 1.95. The van der Waals surface area contributed by atoms with Gasteiger partial charge in [0.25, 0.3) is 5.56 Å². The lowest BCUT2D eigenvalue weighted by Gasteiger charge is -2.15. The predicted octanol–water partition coefficient (Wildman–Crippen LogP) is 3.73. The summed E-state index contributed by atoms with van der Waals surface area (Å²) in [6.07, 6.45) is 0.657. The number of hydrogen-bond donors (Lipinski definition) is 1. The maximum Gasteiger partial charge on any atom is 0.254 e. The molecule has 0 saturated heterocycles. The molecule has 0 bridgehead atoms. The summed E-state index contributed by atoms with van der Waals surface area (Å²) in [6.45, 7) is 5.82. The monoisotopic (exact) mass is 361 g/mol. The number of aryl methyl sites for hydroxylation is 2. The van der Waals surface area contributed by atoms with Crippen molar-refractivity contribution >= 4 is 11.6 Å². The molecular weight excluding hydrogens is 338 g/mol. The highest BCUT2D eigenvalue weighted by molar-refractivity contribution is 5.91. The van der Waals surface area contributed by atoms with Crippen LogP contribution >= 0.6 is 0 Å². The number of hydrogen-bond acceptors (Lipinski definition) is 3. The fourth-order valence-electron chi connectivity index (χ4n) is 2.91. The number of anilines is 1. The molecule has 1 aromatic heterocycles. The first-order chi connectivity index (χ1) is 13.0. The summed E-state index contributed by atoms with van der Waals surface area (Å²) >= 11 is 0. The molecule has 1 N–H and O–H groups in total. The number of nitrogens with zero attached hydrogens (tertiary/aromatic N) is 2. The van der Waals surface area contributed by atoms with Crippen molar-refractivity contribution in [3.8, 4) is 11.4 Å². The number of rotatable bonds is 5. The van der Waals surface area contributed by atoms with E-state index in [9.17, 15) is 9.59 Å². The highest BCUT2D eigenvalue weighted by Crippen LogP contribution is 2.19. The van der Waals surface area contributed by atoms with Gasteiger partial charge in [0, 0.05) is 23.0 Å². The third-order valence-electron chi connectivity index (χ3n) is 4.64. The number of amides is 1. The molecule has 1 amide bonds. The second kappa shape index (κ2) is 7.99. The molecule has 0 fully saturated rings. The van der Waals surface area contributed by atoms with Crippen molar-refractivity contribution in [3.63, 3.8) is 0 Å². The summed E-state index contributed by atoms with van der Waals surface area (Å²) in [6, 6.07) is 16.7. The highest BCUT2D eigenvalue weighted by Gasteiger charge is 2.14. The van der Waals surface area contributed by atoms with Gasteiger partial charge in [-0.25, -0.2) is 4.98 Å². The van der Waals surface area contributed by atoms with Crippen LogP contribution in [0.5, 0.6) is 0 Å². The standard InChI is InChI=1S/C22H23N3O2/c1-4-18-13-21(27)25(22(23-18)17-10-6-5-7-11-17)14-20(26)24-19-12-8-9-15(2)16(19)3/h5-13H,4,14H2,1-3H3,(H,24,26). The fourth-order valence-corrected chi connectivity index (χ4v) is 2.91. The van der Waals surface area contributed by atoms with Crippen molar-refractivity contribution in [2.75, 3.05) is 5.32 Å². The predicted molar refractivity (Wildman–Crippen MR) is 108 cm³/mol. The molecule has 1 heterocycles. The van der Waals surface area contributed by atoms with E-state index in [0.717, 1.165) is 22.4 Å². The van der Waals surface area contributed by atoms with E-state index in [1.807, 2.05) is 69.3 Å². The maximum atomic E-state index is 12.6. The molecule has 138 valence electrons. The number of carbonyl (C=O) groups excluding carboxylic acids is 1. The third-order valence-corrected chi connectivity index (χ3v) is 4.64. The van der Waals surface area contributed by atoms with Crippen LogP contribution in [0.2, 0.25) is 0 Å². The second-order valence-corrected chi connectivity index (χ2v) is 6.51. The smallest absolute Gasteiger partial charge is 0.254 e. The molecule has 3 aromatic rings. The summed E-state index contributed by atoms with van der Waals surface area (Å²) in [4.78, 5) is 29.9. The van der Waals surface area contributed by atoms with Gasteiger partial charge in [0.15, 0.2) is 0 Å². The molecule has 5 nitrogen and oxygen atoms in total. The Morgan fingerprint density at radius 3 is 2.52 bits per heavy atom. The Morgan fingerprint density at radius 2 is 1.81 bits per heavy atom. The van der Waals surface area contributed by atoms with Gasteiger partial charge in [0.1, 0.15) is 12.4 Å². The zero-order chi connectivity index (χ0) is 19.4. The van der Waals surface area contributed by atoms with Gasteiger partial charge in [-0.15, -0.1) is 0 Å². The van der Waals surface area contributed by atoms with E-state index < -0.39 is 0 Å². The molecule has 0 atom stereocenters. The minimum atomic E-state index is -0.256. The summed E-state index contributed by atoms with van der Waals surface area (Å²) in [5.74, 6) is 0.255. The first-order valence-electron chi connectivity index (χ1n) is 9.02.